The van der Waals surface area contributed by atoms with Gasteiger partial charge in [-0.05, 0) is 34.3 Å². The highest BCUT2D eigenvalue weighted by Crippen LogP contribution is 2.36. The summed E-state index contributed by atoms with van der Waals surface area (Å²) in [6.07, 6.45) is 7.02. The number of rotatable bonds is 8. The standard InChI is InChI=1S/C23H33NOSi/c1-5-13-20(24)14-12-19-25-26(23(2,3)4,21-15-8-6-9-16-21)22-17-10-7-11-18-22/h6-12,15-20H,5,13-14,24H2,1-4H3. The van der Waals surface area contributed by atoms with Gasteiger partial charge in [-0.3, -0.25) is 0 Å². The summed E-state index contributed by atoms with van der Waals surface area (Å²) >= 11 is 0. The van der Waals surface area contributed by atoms with Gasteiger partial charge in [-0.25, -0.2) is 0 Å². The Balaban J connectivity index is 2.43. The summed E-state index contributed by atoms with van der Waals surface area (Å²) in [5.74, 6) is 0. The van der Waals surface area contributed by atoms with Gasteiger partial charge in [0.2, 0.25) is 0 Å². The SMILES string of the molecule is CCCC(N)CC=CO[Si](c1ccccc1)(c1ccccc1)C(C)(C)C. The van der Waals surface area contributed by atoms with Crippen molar-refractivity contribution in [3.63, 3.8) is 0 Å². The van der Waals surface area contributed by atoms with Gasteiger partial charge in [-0.1, -0.05) is 94.8 Å². The third kappa shape index (κ3) is 4.66. The van der Waals surface area contributed by atoms with E-state index in [1.54, 1.807) is 0 Å². The van der Waals surface area contributed by atoms with Gasteiger partial charge in [0.1, 0.15) is 0 Å². The topological polar surface area (TPSA) is 35.2 Å². The van der Waals surface area contributed by atoms with Gasteiger partial charge >= 0.3 is 8.32 Å². The van der Waals surface area contributed by atoms with Gasteiger partial charge in [0.25, 0.3) is 0 Å². The Morgan fingerprint density at radius 1 is 0.962 bits per heavy atom. The minimum atomic E-state index is -2.47. The van der Waals surface area contributed by atoms with Crippen LogP contribution in [0, 0.1) is 0 Å². The van der Waals surface area contributed by atoms with Gasteiger partial charge in [0.05, 0.1) is 6.26 Å². The number of hydrogen-bond acceptors (Lipinski definition) is 2. The first-order chi connectivity index (χ1) is 12.4. The molecule has 0 heterocycles. The first kappa shape index (κ1) is 20.5. The van der Waals surface area contributed by atoms with Gasteiger partial charge < -0.3 is 10.2 Å². The molecule has 2 aromatic carbocycles. The fraction of sp³-hybridized carbons (Fsp3) is 0.391. The molecule has 0 radical (unpaired) electrons. The normalized spacial score (nSPS) is 13.7. The molecule has 2 N–H and O–H groups in total. The quantitative estimate of drug-likeness (QED) is 0.547. The molecular formula is C23H33NOSi. The molecule has 1 unspecified atom stereocenters. The summed E-state index contributed by atoms with van der Waals surface area (Å²) in [5, 5.41) is 2.58. The summed E-state index contributed by atoms with van der Waals surface area (Å²) in [5.41, 5.74) is 6.15. The highest BCUT2D eigenvalue weighted by molar-refractivity contribution is 6.99. The Morgan fingerprint density at radius 3 is 1.88 bits per heavy atom. The molecule has 0 saturated heterocycles. The molecule has 140 valence electrons. The van der Waals surface area contributed by atoms with Crippen LogP contribution in [-0.2, 0) is 4.43 Å². The summed E-state index contributed by atoms with van der Waals surface area (Å²) in [4.78, 5) is 0. The highest BCUT2D eigenvalue weighted by atomic mass is 28.4. The zero-order chi connectivity index (χ0) is 19.0. The van der Waals surface area contributed by atoms with E-state index in [1.165, 1.54) is 10.4 Å². The van der Waals surface area contributed by atoms with Gasteiger partial charge in [0.15, 0.2) is 0 Å². The fourth-order valence-electron chi connectivity index (χ4n) is 3.56. The summed E-state index contributed by atoms with van der Waals surface area (Å²) in [6.45, 7) is 9.03. The van der Waals surface area contributed by atoms with Gasteiger partial charge in [-0.2, -0.15) is 0 Å². The Labute approximate surface area is 160 Å². The Hall–Kier alpha value is -1.84. The lowest BCUT2D eigenvalue weighted by atomic mass is 10.1. The molecule has 2 aromatic rings. The van der Waals surface area contributed by atoms with Crippen LogP contribution in [0.5, 0.6) is 0 Å². The summed E-state index contributed by atoms with van der Waals surface area (Å²) in [6, 6.07) is 21.6. The predicted molar refractivity (Wildman–Crippen MR) is 115 cm³/mol. The van der Waals surface area contributed by atoms with Crippen LogP contribution >= 0.6 is 0 Å². The average molecular weight is 368 g/mol. The van der Waals surface area contributed by atoms with Gasteiger partial charge in [-0.15, -0.1) is 0 Å². The fourth-order valence-corrected chi connectivity index (χ4v) is 7.88. The van der Waals surface area contributed by atoms with Crippen molar-refractivity contribution in [3.05, 3.63) is 73.0 Å². The molecule has 2 nitrogen and oxygen atoms in total. The Kier molecular flexibility index (Phi) is 7.24. The molecule has 0 saturated carbocycles. The maximum Gasteiger partial charge on any atom is 0.319 e. The molecule has 0 fully saturated rings. The molecule has 0 spiro atoms. The molecule has 3 heteroatoms. The lowest BCUT2D eigenvalue weighted by molar-refractivity contribution is 0.441. The van der Waals surface area contributed by atoms with E-state index < -0.39 is 8.32 Å². The molecule has 1 atom stereocenters. The molecule has 0 amide bonds. The molecule has 26 heavy (non-hydrogen) atoms. The first-order valence-electron chi connectivity index (χ1n) is 9.61. The Morgan fingerprint density at radius 2 is 1.46 bits per heavy atom. The van der Waals surface area contributed by atoms with E-state index in [0.717, 1.165) is 19.3 Å². The Bertz CT molecular complexity index is 637. The molecule has 0 aliphatic heterocycles. The maximum atomic E-state index is 6.70. The minimum absolute atomic E-state index is 0.00835. The van der Waals surface area contributed by atoms with E-state index in [2.05, 4.69) is 94.4 Å². The third-order valence-corrected chi connectivity index (χ3v) is 9.75. The van der Waals surface area contributed by atoms with Crippen LogP contribution in [0.4, 0.5) is 0 Å². The second kappa shape index (κ2) is 9.20. The lowest BCUT2D eigenvalue weighted by Gasteiger charge is -2.41. The smallest absolute Gasteiger partial charge is 0.319 e. The summed E-state index contributed by atoms with van der Waals surface area (Å²) in [7, 11) is -2.47. The minimum Gasteiger partial charge on any atom is -0.540 e. The van der Waals surface area contributed by atoms with Crippen LogP contribution in [0.2, 0.25) is 5.04 Å². The van der Waals surface area contributed by atoms with E-state index in [9.17, 15) is 0 Å². The van der Waals surface area contributed by atoms with Crippen molar-refractivity contribution >= 4 is 18.7 Å². The van der Waals surface area contributed by atoms with Crippen molar-refractivity contribution in [2.24, 2.45) is 5.73 Å². The van der Waals surface area contributed by atoms with Crippen LogP contribution < -0.4 is 16.1 Å². The van der Waals surface area contributed by atoms with E-state index in [1.807, 2.05) is 6.26 Å². The van der Waals surface area contributed by atoms with Crippen molar-refractivity contribution in [2.45, 2.75) is 58.0 Å². The molecule has 2 rings (SSSR count). The van der Waals surface area contributed by atoms with E-state index in [-0.39, 0.29) is 11.1 Å². The van der Waals surface area contributed by atoms with Crippen molar-refractivity contribution in [2.75, 3.05) is 0 Å². The van der Waals surface area contributed by atoms with Crippen LogP contribution in [0.15, 0.2) is 73.0 Å². The zero-order valence-electron chi connectivity index (χ0n) is 16.6. The van der Waals surface area contributed by atoms with Crippen molar-refractivity contribution in [1.82, 2.24) is 0 Å². The zero-order valence-corrected chi connectivity index (χ0v) is 17.6. The van der Waals surface area contributed by atoms with Crippen molar-refractivity contribution < 1.29 is 4.43 Å². The molecule has 0 aliphatic carbocycles. The molecular weight excluding hydrogens is 334 g/mol. The number of hydrogen-bond donors (Lipinski definition) is 1. The largest absolute Gasteiger partial charge is 0.540 e. The average Bonchev–Trinajstić information content (AvgIpc) is 2.62. The van der Waals surface area contributed by atoms with E-state index in [0.29, 0.717) is 0 Å². The van der Waals surface area contributed by atoms with Crippen LogP contribution in [-0.4, -0.2) is 14.4 Å². The first-order valence-corrected chi connectivity index (χ1v) is 11.5. The second-order valence-electron chi connectivity index (χ2n) is 7.94. The van der Waals surface area contributed by atoms with Crippen molar-refractivity contribution in [3.8, 4) is 0 Å². The highest BCUT2D eigenvalue weighted by Gasteiger charge is 2.51. The van der Waals surface area contributed by atoms with Gasteiger partial charge in [0, 0.05) is 6.04 Å². The summed E-state index contributed by atoms with van der Waals surface area (Å²) < 4.78 is 6.70. The van der Waals surface area contributed by atoms with Crippen LogP contribution in [0.25, 0.3) is 0 Å². The second-order valence-corrected chi connectivity index (χ2v) is 12.2. The van der Waals surface area contributed by atoms with E-state index >= 15 is 0 Å². The number of benzene rings is 2. The third-order valence-electron chi connectivity index (χ3n) is 4.86. The maximum absolute atomic E-state index is 6.70. The van der Waals surface area contributed by atoms with Crippen LogP contribution in [0.1, 0.15) is 47.0 Å². The van der Waals surface area contributed by atoms with Crippen LogP contribution in [0.3, 0.4) is 0 Å². The number of nitrogens with two attached hydrogens (primary N) is 1. The molecule has 0 aliphatic rings. The monoisotopic (exact) mass is 367 g/mol. The molecule has 0 bridgehead atoms. The molecule has 0 aromatic heterocycles. The van der Waals surface area contributed by atoms with Crippen molar-refractivity contribution in [1.29, 1.82) is 0 Å². The lowest BCUT2D eigenvalue weighted by Crippen LogP contribution is -2.65. The predicted octanol–water partition coefficient (Wildman–Crippen LogP) is 4.59. The van der Waals surface area contributed by atoms with E-state index in [4.69, 9.17) is 10.2 Å².